The van der Waals surface area contributed by atoms with Crippen LogP contribution in [0.15, 0.2) is 0 Å². The van der Waals surface area contributed by atoms with Gasteiger partial charge in [0.2, 0.25) is 0 Å². The Hall–Kier alpha value is 3.27. The quantitative estimate of drug-likeness (QED) is 0.195. The molecule has 0 aromatic heterocycles. The third-order valence-electron chi connectivity index (χ3n) is 0. The normalized spacial score (nSPS) is 9.00. The summed E-state index contributed by atoms with van der Waals surface area (Å²) in [7, 11) is -9.31. The summed E-state index contributed by atoms with van der Waals surface area (Å²) in [6.07, 6.45) is 0. The molecule has 0 aliphatic rings. The SMILES string of the molecule is O=P(O)(O)O.O=S(=O)(O)O.[Ca+2].[Ca+2].[H-].[H-].[H-].[H-].[H-].[H-].[Mg+2]. The molecule has 0 heterocycles. The van der Waals surface area contributed by atoms with Gasteiger partial charge in [-0.3, -0.25) is 9.11 Å². The summed E-state index contributed by atoms with van der Waals surface area (Å²) in [6, 6.07) is 0. The Kier molecular flexibility index (Phi) is 30.6. The standard InChI is InChI=1S/2Ca.Mg.H3O4P.H2O4S.6H/c;;;2*1-5(2,3)4;;;;;;/h;;;(H3,1,2,3,4);(H2,1,2,3,4);;;;;;/q3*+2;;;6*-1. The molecule has 0 radical (unpaired) electrons. The van der Waals surface area contributed by atoms with Crippen molar-refractivity contribution in [3.63, 3.8) is 0 Å². The van der Waals surface area contributed by atoms with Crippen LogP contribution in [0.2, 0.25) is 0 Å². The Balaban J connectivity index is -0.00000000508. The molecule has 0 aromatic carbocycles. The molecule has 0 fully saturated rings. The number of hydrogen-bond donors (Lipinski definition) is 5. The van der Waals surface area contributed by atoms with Gasteiger partial charge in [0, 0.05) is 0 Å². The van der Waals surface area contributed by atoms with Gasteiger partial charge in [-0.15, -0.1) is 0 Å². The summed E-state index contributed by atoms with van der Waals surface area (Å²) < 4.78 is 40.5. The minimum atomic E-state index is -4.67. The Labute approximate surface area is 159 Å². The average Bonchev–Trinajstić information content (AvgIpc) is 1.12. The van der Waals surface area contributed by atoms with E-state index in [2.05, 4.69) is 0 Å². The number of rotatable bonds is 0. The van der Waals surface area contributed by atoms with Crippen molar-refractivity contribution in [2.75, 3.05) is 0 Å². The summed E-state index contributed by atoms with van der Waals surface area (Å²) in [5, 5.41) is 0. The Morgan fingerprint density at radius 1 is 1.00 bits per heavy atom. The molecule has 0 spiro atoms. The van der Waals surface area contributed by atoms with Gasteiger partial charge in [-0.2, -0.15) is 8.42 Å². The van der Waals surface area contributed by atoms with Gasteiger partial charge < -0.3 is 23.2 Å². The van der Waals surface area contributed by atoms with Gasteiger partial charge in [-0.1, -0.05) is 0 Å². The van der Waals surface area contributed by atoms with Gasteiger partial charge in [0.15, 0.2) is 0 Å². The maximum Gasteiger partial charge on any atom is 2.00 e. The molecular formula is H11Ca2MgO8PS. The maximum absolute atomic E-state index is 8.88. The topological polar surface area (TPSA) is 152 Å². The van der Waals surface area contributed by atoms with Crippen LogP contribution < -0.4 is 0 Å². The fraction of sp³-hybridized carbons (Fsp3) is 0. The fourth-order valence-corrected chi connectivity index (χ4v) is 0. The van der Waals surface area contributed by atoms with Crippen molar-refractivity contribution in [3.05, 3.63) is 0 Å². The van der Waals surface area contributed by atoms with Crippen LogP contribution >= 0.6 is 7.82 Å². The molecule has 0 atom stereocenters. The Morgan fingerprint density at radius 3 is 1.00 bits per heavy atom. The van der Waals surface area contributed by atoms with E-state index in [1.807, 2.05) is 0 Å². The van der Waals surface area contributed by atoms with E-state index < -0.39 is 18.2 Å². The van der Waals surface area contributed by atoms with Crippen molar-refractivity contribution >= 4 is 117 Å². The molecule has 13 heteroatoms. The molecule has 0 saturated heterocycles. The first kappa shape index (κ1) is 29.9. The van der Waals surface area contributed by atoms with Crippen LogP contribution in [0.4, 0.5) is 0 Å². The third kappa shape index (κ3) is 252. The van der Waals surface area contributed by atoms with Crippen LogP contribution in [0.1, 0.15) is 8.56 Å². The van der Waals surface area contributed by atoms with Crippen molar-refractivity contribution in [1.29, 1.82) is 0 Å². The fourth-order valence-electron chi connectivity index (χ4n) is 0. The molecule has 0 amide bonds. The summed E-state index contributed by atoms with van der Waals surface area (Å²) in [5.74, 6) is 0. The molecule has 0 aliphatic carbocycles. The van der Waals surface area contributed by atoms with E-state index in [4.69, 9.17) is 36.8 Å². The van der Waals surface area contributed by atoms with E-state index in [-0.39, 0.29) is 107 Å². The second-order valence-electron chi connectivity index (χ2n) is 0.961. The molecule has 0 saturated carbocycles. The van der Waals surface area contributed by atoms with Crippen LogP contribution in [-0.4, -0.2) is 131 Å². The zero-order chi connectivity index (χ0) is 9.00. The second-order valence-corrected chi connectivity index (χ2v) is 2.88. The molecule has 0 aliphatic heterocycles. The van der Waals surface area contributed by atoms with Crippen molar-refractivity contribution in [1.82, 2.24) is 0 Å². The maximum atomic E-state index is 8.88. The minimum Gasteiger partial charge on any atom is -1.00 e. The van der Waals surface area contributed by atoms with E-state index in [0.717, 1.165) is 0 Å². The van der Waals surface area contributed by atoms with E-state index in [9.17, 15) is 0 Å². The Bertz CT molecular complexity index is 217. The molecular weight excluding hydrogens is 295 g/mol. The van der Waals surface area contributed by atoms with Gasteiger partial charge in [0.1, 0.15) is 0 Å². The van der Waals surface area contributed by atoms with Crippen molar-refractivity contribution in [3.8, 4) is 0 Å². The summed E-state index contributed by atoms with van der Waals surface area (Å²) in [6.45, 7) is 0. The number of phosphoric acid groups is 1. The monoisotopic (exact) mass is 306 g/mol. The zero-order valence-corrected chi connectivity index (χ0v) is 14.0. The predicted octanol–water partition coefficient (Wildman–Crippen LogP) is -2.05. The van der Waals surface area contributed by atoms with E-state index in [1.165, 1.54) is 0 Å². The van der Waals surface area contributed by atoms with Crippen molar-refractivity contribution in [2.45, 2.75) is 0 Å². The first-order chi connectivity index (χ1) is 4.00. The minimum absolute atomic E-state index is 0. The van der Waals surface area contributed by atoms with Crippen LogP contribution in [0.3, 0.4) is 0 Å². The molecule has 0 aromatic rings. The first-order valence-electron chi connectivity index (χ1n) is 1.48. The van der Waals surface area contributed by atoms with Crippen LogP contribution in [-0.2, 0) is 15.0 Å². The molecule has 5 N–H and O–H groups in total. The molecule has 8 nitrogen and oxygen atoms in total. The molecule has 0 unspecified atom stereocenters. The van der Waals surface area contributed by atoms with Gasteiger partial charge in [0.25, 0.3) is 0 Å². The van der Waals surface area contributed by atoms with Crippen LogP contribution in [0.5, 0.6) is 0 Å². The van der Waals surface area contributed by atoms with Crippen LogP contribution in [0, 0.1) is 0 Å². The van der Waals surface area contributed by atoms with Gasteiger partial charge in [-0.25, -0.2) is 4.57 Å². The van der Waals surface area contributed by atoms with E-state index >= 15 is 0 Å². The predicted molar refractivity (Wildman–Crippen MR) is 52.4 cm³/mol. The van der Waals surface area contributed by atoms with Crippen molar-refractivity contribution in [2.24, 2.45) is 0 Å². The van der Waals surface area contributed by atoms with Crippen LogP contribution in [0.25, 0.3) is 0 Å². The largest absolute Gasteiger partial charge is 2.00 e. The number of hydrogen-bond acceptors (Lipinski definition) is 3. The van der Waals surface area contributed by atoms with Gasteiger partial charge >= 0.3 is 117 Å². The van der Waals surface area contributed by atoms with E-state index in [1.54, 1.807) is 0 Å². The summed E-state index contributed by atoms with van der Waals surface area (Å²) in [4.78, 5) is 21.6. The van der Waals surface area contributed by atoms with Gasteiger partial charge in [0.05, 0.1) is 0 Å². The second kappa shape index (κ2) is 13.3. The zero-order valence-electron chi connectivity index (χ0n) is 12.4. The molecule has 13 heavy (non-hydrogen) atoms. The molecule has 0 bridgehead atoms. The Morgan fingerprint density at radius 2 is 1.00 bits per heavy atom. The third-order valence-corrected chi connectivity index (χ3v) is 0. The van der Waals surface area contributed by atoms with Crippen molar-refractivity contribution < 1.29 is 45.3 Å². The smallest absolute Gasteiger partial charge is 1.00 e. The first-order valence-corrected chi connectivity index (χ1v) is 4.44. The average molecular weight is 307 g/mol. The van der Waals surface area contributed by atoms with E-state index in [0.29, 0.717) is 0 Å². The van der Waals surface area contributed by atoms with Gasteiger partial charge in [-0.05, 0) is 0 Å². The molecule has 76 valence electrons. The molecule has 0 rings (SSSR count). The summed E-state index contributed by atoms with van der Waals surface area (Å²) in [5.41, 5.74) is 0. The summed E-state index contributed by atoms with van der Waals surface area (Å²) >= 11 is 0.